The largest absolute Gasteiger partial charge is 0.283 e. The van der Waals surface area contributed by atoms with E-state index in [0.29, 0.717) is 11.6 Å². The second-order valence-electron chi connectivity index (χ2n) is 2.67. The first kappa shape index (κ1) is 10.3. The highest BCUT2D eigenvalue weighted by Crippen LogP contribution is 2.17. The van der Waals surface area contributed by atoms with Gasteiger partial charge in [0.2, 0.25) is 10.0 Å². The van der Waals surface area contributed by atoms with E-state index in [9.17, 15) is 8.42 Å². The smallest absolute Gasteiger partial charge is 0.229 e. The van der Waals surface area contributed by atoms with Gasteiger partial charge in [-0.1, -0.05) is 18.2 Å². The van der Waals surface area contributed by atoms with Crippen LogP contribution in [0.3, 0.4) is 0 Å². The van der Waals surface area contributed by atoms with Crippen LogP contribution in [0.25, 0.3) is 0 Å². The van der Waals surface area contributed by atoms with Crippen molar-refractivity contribution >= 4 is 27.3 Å². The fourth-order valence-electron chi connectivity index (χ4n) is 0.936. The van der Waals surface area contributed by atoms with Crippen molar-refractivity contribution in [2.45, 2.75) is 5.88 Å². The summed E-state index contributed by atoms with van der Waals surface area (Å²) in [6, 6.07) is 7.02. The number of alkyl halides is 1. The normalized spacial score (nSPS) is 11.2. The third-order valence-electron chi connectivity index (χ3n) is 1.46. The van der Waals surface area contributed by atoms with Gasteiger partial charge in [-0.3, -0.25) is 4.72 Å². The molecule has 0 fully saturated rings. The van der Waals surface area contributed by atoms with Gasteiger partial charge < -0.3 is 0 Å². The van der Waals surface area contributed by atoms with Gasteiger partial charge in [-0.25, -0.2) is 8.42 Å². The number of nitrogens with one attached hydrogen (secondary N) is 1. The molecule has 0 atom stereocenters. The molecule has 0 aliphatic rings. The van der Waals surface area contributed by atoms with Crippen LogP contribution in [-0.4, -0.2) is 14.7 Å². The third-order valence-corrected chi connectivity index (χ3v) is 2.34. The molecule has 1 aromatic rings. The van der Waals surface area contributed by atoms with Gasteiger partial charge >= 0.3 is 0 Å². The third kappa shape index (κ3) is 3.24. The van der Waals surface area contributed by atoms with Crippen molar-refractivity contribution in [3.63, 3.8) is 0 Å². The number of rotatable bonds is 3. The molecule has 1 N–H and O–H groups in total. The van der Waals surface area contributed by atoms with E-state index in [0.717, 1.165) is 11.8 Å². The number of hydrogen-bond donors (Lipinski definition) is 1. The molecule has 13 heavy (non-hydrogen) atoms. The van der Waals surface area contributed by atoms with E-state index >= 15 is 0 Å². The lowest BCUT2D eigenvalue weighted by molar-refractivity contribution is 0.607. The van der Waals surface area contributed by atoms with Crippen molar-refractivity contribution in [3.8, 4) is 0 Å². The van der Waals surface area contributed by atoms with Gasteiger partial charge in [0.05, 0.1) is 11.9 Å². The van der Waals surface area contributed by atoms with Gasteiger partial charge in [0.25, 0.3) is 0 Å². The molecule has 0 spiro atoms. The van der Waals surface area contributed by atoms with Crippen LogP contribution in [0.1, 0.15) is 5.56 Å². The fraction of sp³-hybridized carbons (Fsp3) is 0.250. The summed E-state index contributed by atoms with van der Waals surface area (Å²) in [5.41, 5.74) is 1.31. The van der Waals surface area contributed by atoms with Gasteiger partial charge in [0.1, 0.15) is 0 Å². The Bertz CT molecular complexity index is 389. The quantitative estimate of drug-likeness (QED) is 0.788. The molecule has 0 saturated carbocycles. The summed E-state index contributed by atoms with van der Waals surface area (Å²) in [4.78, 5) is 0. The minimum atomic E-state index is -3.22. The average Bonchev–Trinajstić information content (AvgIpc) is 2.02. The van der Waals surface area contributed by atoms with Crippen molar-refractivity contribution in [1.82, 2.24) is 0 Å². The summed E-state index contributed by atoms with van der Waals surface area (Å²) in [6.07, 6.45) is 1.11. The van der Waals surface area contributed by atoms with Crippen LogP contribution in [0.4, 0.5) is 5.69 Å². The van der Waals surface area contributed by atoms with Crippen LogP contribution in [0, 0.1) is 0 Å². The fourth-order valence-corrected chi connectivity index (χ4v) is 1.77. The van der Waals surface area contributed by atoms with E-state index in [1.54, 1.807) is 18.2 Å². The molecule has 0 radical (unpaired) electrons. The van der Waals surface area contributed by atoms with Gasteiger partial charge in [-0.05, 0) is 11.6 Å². The molecule has 0 aliphatic carbocycles. The SMILES string of the molecule is CS(=O)(=O)Nc1ccccc1CCl. The number of sulfonamides is 1. The summed E-state index contributed by atoms with van der Waals surface area (Å²) in [7, 11) is -3.22. The van der Waals surface area contributed by atoms with Crippen LogP contribution < -0.4 is 4.72 Å². The first-order valence-electron chi connectivity index (χ1n) is 3.64. The highest BCUT2D eigenvalue weighted by atomic mass is 35.5. The Morgan fingerprint density at radius 3 is 2.54 bits per heavy atom. The molecule has 0 bridgehead atoms. The molecule has 5 heteroatoms. The van der Waals surface area contributed by atoms with Gasteiger partial charge in [0, 0.05) is 5.88 Å². The van der Waals surface area contributed by atoms with Crippen molar-refractivity contribution in [2.75, 3.05) is 11.0 Å². The number of benzene rings is 1. The molecule has 0 aromatic heterocycles. The van der Waals surface area contributed by atoms with E-state index in [4.69, 9.17) is 11.6 Å². The standard InChI is InChI=1S/C8H10ClNO2S/c1-13(11,12)10-8-5-3-2-4-7(8)6-9/h2-5,10H,6H2,1H3. The van der Waals surface area contributed by atoms with Crippen molar-refractivity contribution in [3.05, 3.63) is 29.8 Å². The number of hydrogen-bond acceptors (Lipinski definition) is 2. The van der Waals surface area contributed by atoms with E-state index < -0.39 is 10.0 Å². The summed E-state index contributed by atoms with van der Waals surface area (Å²) < 4.78 is 24.2. The molecule has 72 valence electrons. The van der Waals surface area contributed by atoms with Crippen molar-refractivity contribution in [2.24, 2.45) is 0 Å². The molecular weight excluding hydrogens is 210 g/mol. The Morgan fingerprint density at radius 1 is 1.38 bits per heavy atom. The Kier molecular flexibility index (Phi) is 3.17. The lowest BCUT2D eigenvalue weighted by atomic mass is 10.2. The molecule has 0 amide bonds. The Hall–Kier alpha value is -0.740. The molecule has 0 heterocycles. The lowest BCUT2D eigenvalue weighted by Gasteiger charge is -2.07. The maximum Gasteiger partial charge on any atom is 0.229 e. The number of para-hydroxylation sites is 1. The minimum Gasteiger partial charge on any atom is -0.283 e. The predicted molar refractivity (Wildman–Crippen MR) is 54.5 cm³/mol. The lowest BCUT2D eigenvalue weighted by Crippen LogP contribution is -2.10. The second-order valence-corrected chi connectivity index (χ2v) is 4.68. The second kappa shape index (κ2) is 3.98. The van der Waals surface area contributed by atoms with Crippen LogP contribution in [0.5, 0.6) is 0 Å². The molecule has 0 saturated heterocycles. The highest BCUT2D eigenvalue weighted by Gasteiger charge is 2.04. The van der Waals surface area contributed by atoms with E-state index in [1.165, 1.54) is 0 Å². The predicted octanol–water partition coefficient (Wildman–Crippen LogP) is 1.80. The number of anilines is 1. The summed E-state index contributed by atoms with van der Waals surface area (Å²) in [6.45, 7) is 0. The summed E-state index contributed by atoms with van der Waals surface area (Å²) >= 11 is 5.63. The maximum atomic E-state index is 10.9. The zero-order valence-corrected chi connectivity index (χ0v) is 8.69. The Labute approximate surface area is 82.8 Å². The molecule has 0 aliphatic heterocycles. The Balaban J connectivity index is 3.01. The van der Waals surface area contributed by atoms with Crippen molar-refractivity contribution in [1.29, 1.82) is 0 Å². The summed E-state index contributed by atoms with van der Waals surface area (Å²) in [5.74, 6) is 0.290. The monoisotopic (exact) mass is 219 g/mol. The molecule has 1 aromatic carbocycles. The van der Waals surface area contributed by atoms with Crippen LogP contribution in [0.15, 0.2) is 24.3 Å². The topological polar surface area (TPSA) is 46.2 Å². The van der Waals surface area contributed by atoms with Crippen molar-refractivity contribution < 1.29 is 8.42 Å². The first-order chi connectivity index (χ1) is 6.03. The average molecular weight is 220 g/mol. The van der Waals surface area contributed by atoms with Gasteiger partial charge in [-0.2, -0.15) is 0 Å². The zero-order chi connectivity index (χ0) is 9.90. The number of halogens is 1. The minimum absolute atomic E-state index is 0.290. The molecular formula is C8H10ClNO2S. The molecule has 3 nitrogen and oxygen atoms in total. The molecule has 1 rings (SSSR count). The Morgan fingerprint density at radius 2 is 2.00 bits per heavy atom. The van der Waals surface area contributed by atoms with E-state index in [2.05, 4.69) is 4.72 Å². The van der Waals surface area contributed by atoms with E-state index in [-0.39, 0.29) is 0 Å². The van der Waals surface area contributed by atoms with Crippen LogP contribution in [0.2, 0.25) is 0 Å². The van der Waals surface area contributed by atoms with Gasteiger partial charge in [-0.15, -0.1) is 11.6 Å². The highest BCUT2D eigenvalue weighted by molar-refractivity contribution is 7.92. The molecule has 0 unspecified atom stereocenters. The van der Waals surface area contributed by atoms with Crippen LogP contribution >= 0.6 is 11.6 Å². The first-order valence-corrected chi connectivity index (χ1v) is 6.07. The van der Waals surface area contributed by atoms with E-state index in [1.807, 2.05) is 6.07 Å². The maximum absolute atomic E-state index is 10.9. The summed E-state index contributed by atoms with van der Waals surface area (Å²) in [5, 5.41) is 0. The van der Waals surface area contributed by atoms with Gasteiger partial charge in [0.15, 0.2) is 0 Å². The van der Waals surface area contributed by atoms with Crippen LogP contribution in [-0.2, 0) is 15.9 Å². The zero-order valence-electron chi connectivity index (χ0n) is 7.12.